The van der Waals surface area contributed by atoms with Gasteiger partial charge in [-0.2, -0.15) is 18.2 Å². The SMILES string of the molecule is C=CC(=O)N1[C@H](C)CN(c2nc(=O)n3c4c(c(-c5c(F)cc(F)c6[nH]c(=O)[nH]c56)c(C(F)(F)F)cc24)SCC(Oc2ccncc2)C3)C[C@@H]1C. The summed E-state index contributed by atoms with van der Waals surface area (Å²) in [4.78, 5) is 54.7. The molecule has 5 heterocycles. The number of H-pyrrole nitrogens is 2. The van der Waals surface area contributed by atoms with Gasteiger partial charge < -0.3 is 24.5 Å². The Balaban J connectivity index is 1.53. The number of aromatic nitrogens is 5. The first-order valence-electron chi connectivity index (χ1n) is 15.4. The molecule has 3 aromatic heterocycles. The van der Waals surface area contributed by atoms with Gasteiger partial charge >= 0.3 is 17.6 Å². The van der Waals surface area contributed by atoms with Crippen molar-refractivity contribution in [3.05, 3.63) is 87.5 Å². The van der Waals surface area contributed by atoms with Crippen LogP contribution in [0, 0.1) is 11.6 Å². The van der Waals surface area contributed by atoms with E-state index in [1.165, 1.54) is 23.0 Å². The number of carbonyl (C=O) groups is 1. The van der Waals surface area contributed by atoms with Crippen LogP contribution in [0.2, 0.25) is 0 Å². The number of benzene rings is 2. The maximum atomic E-state index is 15.9. The fraction of sp³-hybridized carbons (Fsp3) is 0.303. The van der Waals surface area contributed by atoms with E-state index in [1.807, 2.05) is 0 Å². The smallest absolute Gasteiger partial charge is 0.417 e. The van der Waals surface area contributed by atoms with Gasteiger partial charge in [-0.3, -0.25) is 14.3 Å². The first kappa shape index (κ1) is 33.3. The Labute approximate surface area is 283 Å². The van der Waals surface area contributed by atoms with E-state index in [2.05, 4.69) is 26.5 Å². The Morgan fingerprint density at radius 3 is 2.36 bits per heavy atom. The van der Waals surface area contributed by atoms with Crippen molar-refractivity contribution < 1.29 is 31.5 Å². The van der Waals surface area contributed by atoms with Crippen LogP contribution < -0.4 is 21.0 Å². The van der Waals surface area contributed by atoms with E-state index in [9.17, 15) is 18.8 Å². The molecule has 3 atom stereocenters. The first-order valence-corrected chi connectivity index (χ1v) is 16.4. The fourth-order valence-electron chi connectivity index (χ4n) is 6.93. The molecule has 1 fully saturated rings. The summed E-state index contributed by atoms with van der Waals surface area (Å²) in [7, 11) is 0. The number of imidazole rings is 1. The summed E-state index contributed by atoms with van der Waals surface area (Å²) in [5.74, 6) is -2.49. The number of piperazine rings is 1. The van der Waals surface area contributed by atoms with Crippen LogP contribution in [-0.4, -0.2) is 72.3 Å². The van der Waals surface area contributed by atoms with Crippen molar-refractivity contribution in [1.29, 1.82) is 0 Å². The molecule has 5 aromatic rings. The van der Waals surface area contributed by atoms with E-state index >= 15 is 17.6 Å². The highest BCUT2D eigenvalue weighted by molar-refractivity contribution is 7.99. The highest BCUT2D eigenvalue weighted by Gasteiger charge is 2.41. The summed E-state index contributed by atoms with van der Waals surface area (Å²) in [5.41, 5.74) is -5.38. The van der Waals surface area contributed by atoms with E-state index in [-0.39, 0.29) is 52.9 Å². The number of hydrogen-bond donors (Lipinski definition) is 2. The third kappa shape index (κ3) is 5.58. The van der Waals surface area contributed by atoms with E-state index in [0.717, 1.165) is 17.8 Å². The van der Waals surface area contributed by atoms with Gasteiger partial charge in [-0.1, -0.05) is 6.58 Å². The van der Waals surface area contributed by atoms with Crippen LogP contribution in [0.5, 0.6) is 5.75 Å². The topological polar surface area (TPSA) is 129 Å². The molecule has 17 heteroatoms. The minimum absolute atomic E-state index is 0.00814. The molecule has 260 valence electrons. The predicted octanol–water partition coefficient (Wildman–Crippen LogP) is 5.09. The summed E-state index contributed by atoms with van der Waals surface area (Å²) < 4.78 is 83.8. The fourth-order valence-corrected chi connectivity index (χ4v) is 8.17. The van der Waals surface area contributed by atoms with Crippen LogP contribution >= 0.6 is 11.8 Å². The zero-order chi connectivity index (χ0) is 35.6. The lowest BCUT2D eigenvalue weighted by atomic mass is 9.94. The van der Waals surface area contributed by atoms with Crippen molar-refractivity contribution in [2.24, 2.45) is 0 Å². The number of fused-ring (bicyclic) bond motifs is 1. The molecule has 7 rings (SSSR count). The van der Waals surface area contributed by atoms with E-state index in [4.69, 9.17) is 4.74 Å². The first-order chi connectivity index (χ1) is 23.8. The zero-order valence-electron chi connectivity index (χ0n) is 26.5. The number of thioether (sulfide) groups is 1. The molecule has 11 nitrogen and oxygen atoms in total. The number of anilines is 1. The molecule has 2 aliphatic heterocycles. The second-order valence-corrected chi connectivity index (χ2v) is 13.2. The summed E-state index contributed by atoms with van der Waals surface area (Å²) in [6.45, 7) is 7.22. The second kappa shape index (κ2) is 12.3. The Hall–Kier alpha value is -5.19. The highest BCUT2D eigenvalue weighted by atomic mass is 32.2. The molecule has 0 saturated carbocycles. The number of hydrogen-bond acceptors (Lipinski definition) is 8. The second-order valence-electron chi connectivity index (χ2n) is 12.2. The molecule has 2 aliphatic rings. The Kier molecular flexibility index (Phi) is 8.19. The minimum Gasteiger partial charge on any atom is -0.488 e. The number of nitrogens with one attached hydrogen (secondary N) is 2. The molecule has 2 N–H and O–H groups in total. The number of aromatic amines is 2. The quantitative estimate of drug-likeness (QED) is 0.191. The van der Waals surface area contributed by atoms with Crippen molar-refractivity contribution in [2.75, 3.05) is 23.7 Å². The van der Waals surface area contributed by atoms with Crippen LogP contribution in [0.25, 0.3) is 33.1 Å². The molecule has 1 amide bonds. The normalized spacial score (nSPS) is 19.5. The Bertz CT molecular complexity index is 2290. The monoisotopic (exact) mass is 713 g/mol. The summed E-state index contributed by atoms with van der Waals surface area (Å²) in [5, 5.41) is -0.0445. The lowest BCUT2D eigenvalue weighted by Crippen LogP contribution is -2.58. The van der Waals surface area contributed by atoms with Crippen molar-refractivity contribution in [2.45, 2.75) is 49.7 Å². The number of nitrogens with zero attached hydrogens (tertiary/aromatic N) is 5. The highest BCUT2D eigenvalue weighted by Crippen LogP contribution is 2.50. The van der Waals surface area contributed by atoms with Gasteiger partial charge in [-0.15, -0.1) is 11.8 Å². The number of halogens is 5. The number of carbonyl (C=O) groups excluding carboxylic acids is 1. The van der Waals surface area contributed by atoms with E-state index < -0.39 is 75.1 Å². The maximum absolute atomic E-state index is 15.9. The molecule has 1 unspecified atom stereocenters. The minimum atomic E-state index is -5.10. The van der Waals surface area contributed by atoms with Crippen LogP contribution in [0.4, 0.5) is 27.8 Å². The molecular weight excluding hydrogens is 685 g/mol. The largest absolute Gasteiger partial charge is 0.488 e. The van der Waals surface area contributed by atoms with Gasteiger partial charge in [-0.05, 0) is 38.1 Å². The van der Waals surface area contributed by atoms with Gasteiger partial charge in [0.15, 0.2) is 5.82 Å². The predicted molar refractivity (Wildman–Crippen MR) is 176 cm³/mol. The van der Waals surface area contributed by atoms with Gasteiger partial charge in [0.1, 0.15) is 29.0 Å². The lowest BCUT2D eigenvalue weighted by molar-refractivity contribution is -0.137. The average molecular weight is 714 g/mol. The number of alkyl halides is 3. The van der Waals surface area contributed by atoms with Crippen LogP contribution in [0.15, 0.2) is 63.8 Å². The van der Waals surface area contributed by atoms with Crippen molar-refractivity contribution in [3.63, 3.8) is 0 Å². The van der Waals surface area contributed by atoms with Crippen molar-refractivity contribution >= 4 is 45.4 Å². The molecule has 2 aromatic carbocycles. The number of pyridine rings is 1. The number of amides is 1. The van der Waals surface area contributed by atoms with E-state index in [1.54, 1.807) is 35.8 Å². The van der Waals surface area contributed by atoms with Crippen molar-refractivity contribution in [3.8, 4) is 16.9 Å². The van der Waals surface area contributed by atoms with Gasteiger partial charge in [0.05, 0.1) is 23.1 Å². The molecule has 0 aliphatic carbocycles. The lowest BCUT2D eigenvalue weighted by Gasteiger charge is -2.44. The zero-order valence-corrected chi connectivity index (χ0v) is 27.3. The Morgan fingerprint density at radius 1 is 1.02 bits per heavy atom. The Morgan fingerprint density at radius 2 is 1.70 bits per heavy atom. The third-order valence-electron chi connectivity index (χ3n) is 8.86. The number of ether oxygens (including phenoxy) is 1. The van der Waals surface area contributed by atoms with Gasteiger partial charge in [0.25, 0.3) is 0 Å². The molecule has 0 spiro atoms. The maximum Gasteiger partial charge on any atom is 0.417 e. The average Bonchev–Trinajstić information content (AvgIpc) is 3.35. The van der Waals surface area contributed by atoms with E-state index in [0.29, 0.717) is 11.8 Å². The van der Waals surface area contributed by atoms with Crippen LogP contribution in [-0.2, 0) is 17.5 Å². The standard InChI is InChI=1S/C33H28F5N7O4S/c1-4-23(46)45-15(2)11-43(12-16(45)3)30-19-9-20(33(36,37)38)24(25-21(34)10-22(35)26-27(25)41-31(47)40-26)29-28(19)44(32(48)42-30)13-18(14-50-29)49-17-5-7-39-8-6-17/h4-10,15-16,18H,1,11-14H2,2-3H3,(H2,40,41,47)/t15-,16+,18?. The molecular formula is C33H28F5N7O4S. The summed E-state index contributed by atoms with van der Waals surface area (Å²) >= 11 is 0.909. The molecule has 1 saturated heterocycles. The van der Waals surface area contributed by atoms with Gasteiger partial charge in [0.2, 0.25) is 5.91 Å². The molecule has 0 radical (unpaired) electrons. The van der Waals surface area contributed by atoms with Crippen LogP contribution in [0.1, 0.15) is 19.4 Å². The van der Waals surface area contributed by atoms with Gasteiger partial charge in [-0.25, -0.2) is 18.4 Å². The third-order valence-corrected chi connectivity index (χ3v) is 10.1. The van der Waals surface area contributed by atoms with Gasteiger partial charge in [0, 0.05) is 70.8 Å². The van der Waals surface area contributed by atoms with Crippen molar-refractivity contribution in [1.82, 2.24) is 29.4 Å². The van der Waals surface area contributed by atoms with Crippen LogP contribution in [0.3, 0.4) is 0 Å². The molecule has 50 heavy (non-hydrogen) atoms. The number of rotatable bonds is 5. The summed E-state index contributed by atoms with van der Waals surface area (Å²) in [6.07, 6.45) is -1.71. The molecule has 0 bridgehead atoms. The summed E-state index contributed by atoms with van der Waals surface area (Å²) in [6, 6.07) is 3.53.